The SMILES string of the molecule is CC(C)(C)c1ccc(C(=O)OC(=O)CC(O)C(=O)O)cc1. The van der Waals surface area contributed by atoms with Crippen LogP contribution in [0.15, 0.2) is 24.3 Å². The van der Waals surface area contributed by atoms with Crippen LogP contribution >= 0.6 is 0 Å². The maximum atomic E-state index is 11.7. The van der Waals surface area contributed by atoms with Crippen LogP contribution in [0.4, 0.5) is 0 Å². The lowest BCUT2D eigenvalue weighted by atomic mass is 9.87. The zero-order valence-corrected chi connectivity index (χ0v) is 12.1. The first-order chi connectivity index (χ1) is 9.61. The van der Waals surface area contributed by atoms with Gasteiger partial charge in [-0.05, 0) is 23.1 Å². The molecule has 0 radical (unpaired) electrons. The number of hydrogen-bond donors (Lipinski definition) is 2. The van der Waals surface area contributed by atoms with Gasteiger partial charge in [-0.2, -0.15) is 0 Å². The number of carboxylic acid groups (broad SMARTS) is 1. The number of aliphatic carboxylic acids is 1. The van der Waals surface area contributed by atoms with Crippen LogP contribution in [0, 0.1) is 0 Å². The molecule has 6 nitrogen and oxygen atoms in total. The Kier molecular flexibility index (Phi) is 5.21. The van der Waals surface area contributed by atoms with Gasteiger partial charge < -0.3 is 14.9 Å². The largest absolute Gasteiger partial charge is 0.479 e. The number of rotatable bonds is 4. The minimum Gasteiger partial charge on any atom is -0.479 e. The lowest BCUT2D eigenvalue weighted by Crippen LogP contribution is -2.25. The van der Waals surface area contributed by atoms with Crippen molar-refractivity contribution in [2.75, 3.05) is 0 Å². The van der Waals surface area contributed by atoms with Crippen LogP contribution in [0.2, 0.25) is 0 Å². The number of esters is 2. The monoisotopic (exact) mass is 294 g/mol. The summed E-state index contributed by atoms with van der Waals surface area (Å²) >= 11 is 0. The van der Waals surface area contributed by atoms with E-state index in [9.17, 15) is 14.4 Å². The van der Waals surface area contributed by atoms with Crippen molar-refractivity contribution < 1.29 is 29.3 Å². The van der Waals surface area contributed by atoms with Crippen molar-refractivity contribution in [2.24, 2.45) is 0 Å². The lowest BCUT2D eigenvalue weighted by molar-refractivity contribution is -0.153. The Morgan fingerprint density at radius 2 is 1.67 bits per heavy atom. The second-order valence-corrected chi connectivity index (χ2v) is 5.65. The average Bonchev–Trinajstić information content (AvgIpc) is 2.37. The third kappa shape index (κ3) is 5.00. The van der Waals surface area contributed by atoms with Crippen LogP contribution in [0.1, 0.15) is 43.1 Å². The van der Waals surface area contributed by atoms with Crippen LogP contribution < -0.4 is 0 Å². The number of carbonyl (C=O) groups excluding carboxylic acids is 2. The first-order valence-electron chi connectivity index (χ1n) is 6.37. The molecule has 0 heterocycles. The van der Waals surface area contributed by atoms with E-state index in [-0.39, 0.29) is 11.0 Å². The lowest BCUT2D eigenvalue weighted by Gasteiger charge is -2.18. The van der Waals surface area contributed by atoms with E-state index >= 15 is 0 Å². The Hall–Kier alpha value is -2.21. The van der Waals surface area contributed by atoms with Gasteiger partial charge in [-0.25, -0.2) is 9.59 Å². The molecule has 2 N–H and O–H groups in total. The second-order valence-electron chi connectivity index (χ2n) is 5.65. The molecule has 0 fully saturated rings. The fraction of sp³-hybridized carbons (Fsp3) is 0.400. The van der Waals surface area contributed by atoms with Gasteiger partial charge >= 0.3 is 17.9 Å². The van der Waals surface area contributed by atoms with Gasteiger partial charge in [0.25, 0.3) is 0 Å². The van der Waals surface area contributed by atoms with E-state index in [1.54, 1.807) is 12.1 Å². The van der Waals surface area contributed by atoms with Gasteiger partial charge in [-0.15, -0.1) is 0 Å². The summed E-state index contributed by atoms with van der Waals surface area (Å²) in [5.41, 5.74) is 1.14. The molecule has 0 spiro atoms. The Labute approximate surface area is 122 Å². The smallest absolute Gasteiger partial charge is 0.345 e. The van der Waals surface area contributed by atoms with Crippen LogP contribution in [0.5, 0.6) is 0 Å². The molecule has 0 aliphatic rings. The minimum absolute atomic E-state index is 0.0656. The second kappa shape index (κ2) is 6.49. The van der Waals surface area contributed by atoms with E-state index in [0.717, 1.165) is 5.56 Å². The molecule has 1 atom stereocenters. The normalized spacial score (nSPS) is 12.6. The Morgan fingerprint density at radius 3 is 2.10 bits per heavy atom. The standard InChI is InChI=1S/C15H18O6/c1-15(2,3)10-6-4-9(5-7-10)14(20)21-12(17)8-11(16)13(18)19/h4-7,11,16H,8H2,1-3H3,(H,18,19). The molecule has 0 saturated heterocycles. The number of aliphatic hydroxyl groups excluding tert-OH is 1. The highest BCUT2D eigenvalue weighted by atomic mass is 16.6. The zero-order chi connectivity index (χ0) is 16.2. The summed E-state index contributed by atoms with van der Waals surface area (Å²) in [4.78, 5) is 33.4. The third-order valence-corrected chi connectivity index (χ3v) is 2.84. The average molecular weight is 294 g/mol. The maximum Gasteiger partial charge on any atom is 0.345 e. The molecule has 114 valence electrons. The predicted molar refractivity (Wildman–Crippen MR) is 73.8 cm³/mol. The van der Waals surface area contributed by atoms with Gasteiger partial charge in [0.1, 0.15) is 0 Å². The van der Waals surface area contributed by atoms with Crippen molar-refractivity contribution in [3.8, 4) is 0 Å². The van der Waals surface area contributed by atoms with E-state index in [1.807, 2.05) is 20.8 Å². The summed E-state index contributed by atoms with van der Waals surface area (Å²) in [5.74, 6) is -3.51. The molecular weight excluding hydrogens is 276 g/mol. The van der Waals surface area contributed by atoms with Crippen molar-refractivity contribution in [1.29, 1.82) is 0 Å². The molecule has 0 saturated carbocycles. The predicted octanol–water partition coefficient (Wildman–Crippen LogP) is 1.50. The number of benzene rings is 1. The highest BCUT2D eigenvalue weighted by molar-refractivity contribution is 5.97. The van der Waals surface area contributed by atoms with Crippen LogP contribution in [0.25, 0.3) is 0 Å². The topological polar surface area (TPSA) is 101 Å². The quantitative estimate of drug-likeness (QED) is 0.644. The summed E-state index contributed by atoms with van der Waals surface area (Å²) in [6.07, 6.45) is -2.66. The third-order valence-electron chi connectivity index (χ3n) is 2.84. The fourth-order valence-corrected chi connectivity index (χ4v) is 1.56. The molecule has 21 heavy (non-hydrogen) atoms. The molecule has 0 aliphatic heterocycles. The van der Waals surface area contributed by atoms with Crippen LogP contribution in [0.3, 0.4) is 0 Å². The fourth-order valence-electron chi connectivity index (χ4n) is 1.56. The van der Waals surface area contributed by atoms with Gasteiger partial charge in [0.15, 0.2) is 6.10 Å². The van der Waals surface area contributed by atoms with E-state index in [2.05, 4.69) is 4.74 Å². The maximum absolute atomic E-state index is 11.7. The molecule has 0 bridgehead atoms. The van der Waals surface area contributed by atoms with E-state index in [0.29, 0.717) is 0 Å². The number of carboxylic acids is 1. The number of ether oxygens (including phenoxy) is 1. The van der Waals surface area contributed by atoms with E-state index in [4.69, 9.17) is 10.2 Å². The summed E-state index contributed by atoms with van der Waals surface area (Å²) in [6.45, 7) is 6.07. The van der Waals surface area contributed by atoms with Gasteiger partial charge in [0, 0.05) is 0 Å². The van der Waals surface area contributed by atoms with Gasteiger partial charge in [0.2, 0.25) is 0 Å². The summed E-state index contributed by atoms with van der Waals surface area (Å²) in [5, 5.41) is 17.4. The molecule has 0 aliphatic carbocycles. The van der Waals surface area contributed by atoms with Gasteiger partial charge in [-0.3, -0.25) is 4.79 Å². The minimum atomic E-state index is -1.88. The molecule has 1 rings (SSSR count). The molecular formula is C15H18O6. The van der Waals surface area contributed by atoms with Crippen molar-refractivity contribution in [1.82, 2.24) is 0 Å². The first kappa shape index (κ1) is 16.8. The van der Waals surface area contributed by atoms with Gasteiger partial charge in [0.05, 0.1) is 12.0 Å². The summed E-state index contributed by atoms with van der Waals surface area (Å²) in [7, 11) is 0. The molecule has 0 aromatic heterocycles. The molecule has 1 aromatic rings. The van der Waals surface area contributed by atoms with Gasteiger partial charge in [-0.1, -0.05) is 32.9 Å². The zero-order valence-electron chi connectivity index (χ0n) is 12.1. The van der Waals surface area contributed by atoms with Crippen molar-refractivity contribution in [2.45, 2.75) is 38.7 Å². The number of carbonyl (C=O) groups is 3. The van der Waals surface area contributed by atoms with E-state index in [1.165, 1.54) is 12.1 Å². The number of aliphatic hydroxyl groups is 1. The van der Waals surface area contributed by atoms with Crippen molar-refractivity contribution in [3.63, 3.8) is 0 Å². The van der Waals surface area contributed by atoms with Crippen molar-refractivity contribution >= 4 is 17.9 Å². The first-order valence-corrected chi connectivity index (χ1v) is 6.37. The summed E-state index contributed by atoms with van der Waals surface area (Å²) < 4.78 is 4.48. The van der Waals surface area contributed by atoms with Crippen LogP contribution in [-0.4, -0.2) is 34.2 Å². The highest BCUT2D eigenvalue weighted by Gasteiger charge is 2.22. The molecule has 1 aromatic carbocycles. The molecule has 6 heteroatoms. The summed E-state index contributed by atoms with van der Waals surface area (Å²) in [6, 6.07) is 6.58. The number of hydrogen-bond acceptors (Lipinski definition) is 5. The highest BCUT2D eigenvalue weighted by Crippen LogP contribution is 2.22. The Bertz CT molecular complexity index is 538. The molecule has 0 amide bonds. The Balaban J connectivity index is 2.68. The van der Waals surface area contributed by atoms with Crippen LogP contribution in [-0.2, 0) is 19.7 Å². The van der Waals surface area contributed by atoms with Crippen molar-refractivity contribution in [3.05, 3.63) is 35.4 Å². The Morgan fingerprint density at radius 1 is 1.14 bits per heavy atom. The van der Waals surface area contributed by atoms with E-state index < -0.39 is 30.4 Å². The molecule has 1 unspecified atom stereocenters.